The first-order valence-corrected chi connectivity index (χ1v) is 8.61. The van der Waals surface area contributed by atoms with Gasteiger partial charge in [0.05, 0.1) is 25.0 Å². The molecule has 1 aliphatic heterocycles. The molecule has 1 fully saturated rings. The van der Waals surface area contributed by atoms with E-state index in [-0.39, 0.29) is 5.91 Å². The molecule has 0 bridgehead atoms. The minimum atomic E-state index is 0.0321. The maximum Gasteiger partial charge on any atom is 0.257 e. The van der Waals surface area contributed by atoms with Crippen LogP contribution < -0.4 is 0 Å². The van der Waals surface area contributed by atoms with Crippen LogP contribution in [0.25, 0.3) is 10.9 Å². The smallest absolute Gasteiger partial charge is 0.257 e. The van der Waals surface area contributed by atoms with E-state index < -0.39 is 0 Å². The highest BCUT2D eigenvalue weighted by Gasteiger charge is 2.24. The summed E-state index contributed by atoms with van der Waals surface area (Å²) in [6.07, 6.45) is 6.25. The average Bonchev–Trinajstić information content (AvgIpc) is 3.18. The van der Waals surface area contributed by atoms with Crippen molar-refractivity contribution in [3.63, 3.8) is 0 Å². The fraction of sp³-hybridized carbons (Fsp3) is 0.368. The molecule has 6 heteroatoms. The lowest BCUT2D eigenvalue weighted by Crippen LogP contribution is -2.36. The maximum atomic E-state index is 12.7. The van der Waals surface area contributed by atoms with Crippen molar-refractivity contribution in [3.05, 3.63) is 54.0 Å². The number of nitrogens with zero attached hydrogens (tertiary/aromatic N) is 3. The van der Waals surface area contributed by atoms with Gasteiger partial charge in [-0.15, -0.1) is 0 Å². The highest BCUT2D eigenvalue weighted by Crippen LogP contribution is 2.19. The summed E-state index contributed by atoms with van der Waals surface area (Å²) < 4.78 is 7.41. The molecule has 3 aromatic rings. The van der Waals surface area contributed by atoms with E-state index in [1.807, 2.05) is 18.1 Å². The Morgan fingerprint density at radius 3 is 3.16 bits per heavy atom. The number of aromatic nitrogens is 3. The van der Waals surface area contributed by atoms with Crippen LogP contribution in [0.4, 0.5) is 0 Å². The number of ether oxygens (including phenoxy) is 1. The molecule has 6 nitrogen and oxygen atoms in total. The monoisotopic (exact) mass is 338 g/mol. The predicted octanol–water partition coefficient (Wildman–Crippen LogP) is 2.23. The summed E-state index contributed by atoms with van der Waals surface area (Å²) in [4.78, 5) is 17.8. The van der Waals surface area contributed by atoms with Crippen LogP contribution >= 0.6 is 0 Å². The van der Waals surface area contributed by atoms with Crippen LogP contribution in [0.3, 0.4) is 0 Å². The van der Waals surface area contributed by atoms with E-state index in [1.165, 1.54) is 10.9 Å². The van der Waals surface area contributed by atoms with Crippen molar-refractivity contribution >= 4 is 16.8 Å². The van der Waals surface area contributed by atoms with Crippen molar-refractivity contribution in [2.75, 3.05) is 26.3 Å². The molecule has 25 heavy (non-hydrogen) atoms. The second-order valence-corrected chi connectivity index (χ2v) is 6.70. The molecule has 0 radical (unpaired) electrons. The molecule has 1 atom stereocenters. The van der Waals surface area contributed by atoms with Crippen LogP contribution in [-0.4, -0.2) is 51.9 Å². The Morgan fingerprint density at radius 1 is 1.40 bits per heavy atom. The summed E-state index contributed by atoms with van der Waals surface area (Å²) in [5.41, 5.74) is 3.06. The molecular formula is C19H22N4O2. The van der Waals surface area contributed by atoms with Crippen molar-refractivity contribution in [2.45, 2.75) is 6.42 Å². The van der Waals surface area contributed by atoms with E-state index in [1.54, 1.807) is 17.1 Å². The molecule has 1 aliphatic rings. The summed E-state index contributed by atoms with van der Waals surface area (Å²) in [6.45, 7) is 2.60. The van der Waals surface area contributed by atoms with Crippen LogP contribution in [0.1, 0.15) is 15.9 Å². The number of benzene rings is 1. The van der Waals surface area contributed by atoms with E-state index in [2.05, 4.69) is 34.3 Å². The molecule has 1 saturated heterocycles. The Morgan fingerprint density at radius 2 is 2.32 bits per heavy atom. The first kappa shape index (κ1) is 15.9. The lowest BCUT2D eigenvalue weighted by Gasteiger charge is -2.23. The number of fused-ring (bicyclic) bond motifs is 1. The number of aromatic amines is 1. The zero-order valence-corrected chi connectivity index (χ0v) is 14.3. The number of carbonyl (C=O) groups is 1. The van der Waals surface area contributed by atoms with Crippen LogP contribution in [0.5, 0.6) is 0 Å². The number of hydrogen-bond donors (Lipinski definition) is 1. The lowest BCUT2D eigenvalue weighted by molar-refractivity contribution is 0.0737. The lowest BCUT2D eigenvalue weighted by atomic mass is 9.98. The molecule has 4 rings (SSSR count). The molecule has 1 amide bonds. The standard InChI is InChI=1S/C19H22N4O2/c1-22-12-17(10-21-22)19(24)23-6-7-25-13-15(11-23)8-14-2-3-18-16(9-14)4-5-20-18/h2-5,9-10,12,15,20H,6-8,11,13H2,1H3. The fourth-order valence-electron chi connectivity index (χ4n) is 3.47. The molecule has 1 unspecified atom stereocenters. The minimum Gasteiger partial charge on any atom is -0.379 e. The summed E-state index contributed by atoms with van der Waals surface area (Å²) in [7, 11) is 1.82. The van der Waals surface area contributed by atoms with Gasteiger partial charge in [0.15, 0.2) is 0 Å². The zero-order chi connectivity index (χ0) is 17.2. The maximum absolute atomic E-state index is 12.7. The van der Waals surface area contributed by atoms with Crippen LogP contribution in [0.2, 0.25) is 0 Å². The van der Waals surface area contributed by atoms with E-state index in [4.69, 9.17) is 4.74 Å². The Kier molecular flexibility index (Phi) is 4.28. The highest BCUT2D eigenvalue weighted by molar-refractivity contribution is 5.93. The van der Waals surface area contributed by atoms with Crippen molar-refractivity contribution in [2.24, 2.45) is 13.0 Å². The van der Waals surface area contributed by atoms with Crippen molar-refractivity contribution < 1.29 is 9.53 Å². The second kappa shape index (κ2) is 6.72. The van der Waals surface area contributed by atoms with Crippen LogP contribution in [0.15, 0.2) is 42.9 Å². The third-order valence-corrected chi connectivity index (χ3v) is 4.72. The van der Waals surface area contributed by atoms with Gasteiger partial charge >= 0.3 is 0 Å². The molecule has 1 aromatic carbocycles. The van der Waals surface area contributed by atoms with Gasteiger partial charge in [-0.05, 0) is 35.6 Å². The molecule has 0 aliphatic carbocycles. The van der Waals surface area contributed by atoms with E-state index >= 15 is 0 Å². The molecule has 3 heterocycles. The number of amides is 1. The molecule has 0 spiro atoms. The van der Waals surface area contributed by atoms with Crippen molar-refractivity contribution in [3.8, 4) is 0 Å². The third kappa shape index (κ3) is 3.44. The molecular weight excluding hydrogens is 316 g/mol. The number of nitrogens with one attached hydrogen (secondary N) is 1. The fourth-order valence-corrected chi connectivity index (χ4v) is 3.47. The highest BCUT2D eigenvalue weighted by atomic mass is 16.5. The number of carbonyl (C=O) groups excluding carboxylic acids is 1. The summed E-state index contributed by atoms with van der Waals surface area (Å²) in [6, 6.07) is 8.56. The second-order valence-electron chi connectivity index (χ2n) is 6.70. The Hall–Kier alpha value is -2.60. The Labute approximate surface area is 146 Å². The third-order valence-electron chi connectivity index (χ3n) is 4.72. The first-order valence-electron chi connectivity index (χ1n) is 8.61. The van der Waals surface area contributed by atoms with Gasteiger partial charge in [0.25, 0.3) is 5.91 Å². The van der Waals surface area contributed by atoms with Gasteiger partial charge in [0, 0.05) is 44.0 Å². The van der Waals surface area contributed by atoms with Gasteiger partial charge in [-0.2, -0.15) is 5.10 Å². The first-order chi connectivity index (χ1) is 12.2. The summed E-state index contributed by atoms with van der Waals surface area (Å²) in [5, 5.41) is 5.32. The van der Waals surface area contributed by atoms with Gasteiger partial charge in [0.1, 0.15) is 0 Å². The van der Waals surface area contributed by atoms with Gasteiger partial charge < -0.3 is 14.6 Å². The molecule has 130 valence electrons. The van der Waals surface area contributed by atoms with E-state index in [0.717, 1.165) is 11.9 Å². The normalized spacial score (nSPS) is 18.4. The van der Waals surface area contributed by atoms with Gasteiger partial charge in [-0.3, -0.25) is 9.48 Å². The largest absolute Gasteiger partial charge is 0.379 e. The quantitative estimate of drug-likeness (QED) is 0.796. The van der Waals surface area contributed by atoms with Gasteiger partial charge in [0.2, 0.25) is 0 Å². The van der Waals surface area contributed by atoms with Crippen molar-refractivity contribution in [1.82, 2.24) is 19.7 Å². The number of hydrogen-bond acceptors (Lipinski definition) is 3. The average molecular weight is 338 g/mol. The SMILES string of the molecule is Cn1cc(C(=O)N2CCOCC(Cc3ccc4[nH]ccc4c3)C2)cn1. The van der Waals surface area contributed by atoms with Crippen LogP contribution in [0, 0.1) is 5.92 Å². The summed E-state index contributed by atoms with van der Waals surface area (Å²) >= 11 is 0. The zero-order valence-electron chi connectivity index (χ0n) is 14.3. The Bertz CT molecular complexity index is 882. The Balaban J connectivity index is 1.48. The number of rotatable bonds is 3. The summed E-state index contributed by atoms with van der Waals surface area (Å²) in [5.74, 6) is 0.323. The van der Waals surface area contributed by atoms with E-state index in [0.29, 0.717) is 37.8 Å². The van der Waals surface area contributed by atoms with Crippen LogP contribution in [-0.2, 0) is 18.2 Å². The molecule has 2 aromatic heterocycles. The number of H-pyrrole nitrogens is 1. The minimum absolute atomic E-state index is 0.0321. The van der Waals surface area contributed by atoms with Gasteiger partial charge in [-0.1, -0.05) is 6.07 Å². The number of aryl methyl sites for hydroxylation is 1. The van der Waals surface area contributed by atoms with Gasteiger partial charge in [-0.25, -0.2) is 0 Å². The van der Waals surface area contributed by atoms with E-state index in [9.17, 15) is 4.79 Å². The predicted molar refractivity (Wildman–Crippen MR) is 95.4 cm³/mol. The topological polar surface area (TPSA) is 63.1 Å². The molecule has 0 saturated carbocycles. The van der Waals surface area contributed by atoms with Crippen molar-refractivity contribution in [1.29, 1.82) is 0 Å². The molecule has 1 N–H and O–H groups in total.